The summed E-state index contributed by atoms with van der Waals surface area (Å²) in [4.78, 5) is 8.38. The Morgan fingerprint density at radius 3 is 2.75 bits per heavy atom. The van der Waals surface area contributed by atoms with Crippen molar-refractivity contribution in [2.75, 3.05) is 5.73 Å². The third-order valence-corrected chi connectivity index (χ3v) is 2.23. The van der Waals surface area contributed by atoms with E-state index in [9.17, 15) is 4.39 Å². The minimum atomic E-state index is -0.285. The van der Waals surface area contributed by atoms with Crippen molar-refractivity contribution in [2.24, 2.45) is 0 Å². The molecule has 0 aliphatic carbocycles. The Labute approximate surface area is 93.2 Å². The minimum Gasteiger partial charge on any atom is -0.384 e. The lowest BCUT2D eigenvalue weighted by Gasteiger charge is -2.04. The SMILES string of the molecule is CCc1nc(N)cc(-c2cccc(F)c2)n1. The van der Waals surface area contributed by atoms with Crippen LogP contribution in [0.4, 0.5) is 10.2 Å². The highest BCUT2D eigenvalue weighted by Gasteiger charge is 2.04. The molecule has 0 saturated carbocycles. The monoisotopic (exact) mass is 217 g/mol. The molecule has 0 amide bonds. The summed E-state index contributed by atoms with van der Waals surface area (Å²) < 4.78 is 13.1. The van der Waals surface area contributed by atoms with E-state index in [1.54, 1.807) is 18.2 Å². The number of benzene rings is 1. The molecule has 0 aliphatic heterocycles. The second-order valence-corrected chi connectivity index (χ2v) is 3.46. The molecule has 82 valence electrons. The van der Waals surface area contributed by atoms with Gasteiger partial charge in [-0.1, -0.05) is 19.1 Å². The van der Waals surface area contributed by atoms with Crippen molar-refractivity contribution < 1.29 is 4.39 Å². The van der Waals surface area contributed by atoms with E-state index in [0.717, 1.165) is 0 Å². The second-order valence-electron chi connectivity index (χ2n) is 3.46. The number of aryl methyl sites for hydroxylation is 1. The Morgan fingerprint density at radius 2 is 2.06 bits per heavy atom. The van der Waals surface area contributed by atoms with Crippen LogP contribution in [0.1, 0.15) is 12.7 Å². The fraction of sp³-hybridized carbons (Fsp3) is 0.167. The van der Waals surface area contributed by atoms with Crippen molar-refractivity contribution in [3.05, 3.63) is 42.0 Å². The van der Waals surface area contributed by atoms with Gasteiger partial charge in [-0.05, 0) is 12.1 Å². The van der Waals surface area contributed by atoms with Crippen LogP contribution in [0.25, 0.3) is 11.3 Å². The van der Waals surface area contributed by atoms with Crippen LogP contribution < -0.4 is 5.73 Å². The van der Waals surface area contributed by atoms with E-state index in [0.29, 0.717) is 29.3 Å². The number of hydrogen-bond acceptors (Lipinski definition) is 3. The Hall–Kier alpha value is -1.97. The van der Waals surface area contributed by atoms with E-state index in [-0.39, 0.29) is 5.82 Å². The molecule has 0 saturated heterocycles. The summed E-state index contributed by atoms with van der Waals surface area (Å²) in [5.41, 5.74) is 7.03. The number of hydrogen-bond donors (Lipinski definition) is 1. The highest BCUT2D eigenvalue weighted by atomic mass is 19.1. The number of halogens is 1. The van der Waals surface area contributed by atoms with Crippen LogP contribution in [-0.4, -0.2) is 9.97 Å². The molecule has 0 radical (unpaired) electrons. The van der Waals surface area contributed by atoms with Gasteiger partial charge >= 0.3 is 0 Å². The van der Waals surface area contributed by atoms with Crippen LogP contribution in [0.3, 0.4) is 0 Å². The van der Waals surface area contributed by atoms with E-state index in [2.05, 4.69) is 9.97 Å². The minimum absolute atomic E-state index is 0.285. The number of aromatic nitrogens is 2. The molecule has 2 aromatic rings. The summed E-state index contributed by atoms with van der Waals surface area (Å²) >= 11 is 0. The van der Waals surface area contributed by atoms with Crippen LogP contribution in [0.5, 0.6) is 0 Å². The van der Waals surface area contributed by atoms with Gasteiger partial charge in [-0.15, -0.1) is 0 Å². The highest BCUT2D eigenvalue weighted by Crippen LogP contribution is 2.19. The van der Waals surface area contributed by atoms with Gasteiger partial charge in [0.2, 0.25) is 0 Å². The molecular formula is C12H12FN3. The van der Waals surface area contributed by atoms with Gasteiger partial charge in [-0.25, -0.2) is 14.4 Å². The van der Waals surface area contributed by atoms with E-state index in [1.165, 1.54) is 12.1 Å². The first-order chi connectivity index (χ1) is 7.69. The van der Waals surface area contributed by atoms with E-state index in [4.69, 9.17) is 5.73 Å². The maximum absolute atomic E-state index is 13.1. The topological polar surface area (TPSA) is 51.8 Å². The lowest BCUT2D eigenvalue weighted by Crippen LogP contribution is -2.00. The standard InChI is InChI=1S/C12H12FN3/c1-2-12-15-10(7-11(14)16-12)8-4-3-5-9(13)6-8/h3-7H,2H2,1H3,(H2,14,15,16). The number of nitrogen functional groups attached to an aromatic ring is 1. The Balaban J connectivity index is 2.51. The molecular weight excluding hydrogens is 205 g/mol. The van der Waals surface area contributed by atoms with Crippen molar-refractivity contribution >= 4 is 5.82 Å². The van der Waals surface area contributed by atoms with Crippen molar-refractivity contribution in [2.45, 2.75) is 13.3 Å². The molecule has 1 aromatic heterocycles. The molecule has 0 fully saturated rings. The van der Waals surface area contributed by atoms with Crippen LogP contribution in [0, 0.1) is 5.82 Å². The Kier molecular flexibility index (Phi) is 2.81. The zero-order valence-corrected chi connectivity index (χ0v) is 8.94. The van der Waals surface area contributed by atoms with E-state index in [1.807, 2.05) is 6.92 Å². The summed E-state index contributed by atoms with van der Waals surface area (Å²) in [5.74, 6) is 0.790. The van der Waals surface area contributed by atoms with Gasteiger partial charge in [0.1, 0.15) is 17.5 Å². The average Bonchev–Trinajstić information content (AvgIpc) is 2.28. The number of rotatable bonds is 2. The first-order valence-electron chi connectivity index (χ1n) is 5.08. The molecule has 3 nitrogen and oxygen atoms in total. The lowest BCUT2D eigenvalue weighted by molar-refractivity contribution is 0.628. The molecule has 2 rings (SSSR count). The second kappa shape index (κ2) is 4.26. The molecule has 0 atom stereocenters. The molecule has 0 aliphatic rings. The molecule has 16 heavy (non-hydrogen) atoms. The highest BCUT2D eigenvalue weighted by molar-refractivity contribution is 5.61. The molecule has 0 spiro atoms. The van der Waals surface area contributed by atoms with Crippen molar-refractivity contribution in [3.8, 4) is 11.3 Å². The van der Waals surface area contributed by atoms with Gasteiger partial charge in [0.25, 0.3) is 0 Å². The van der Waals surface area contributed by atoms with Gasteiger partial charge in [0.05, 0.1) is 5.69 Å². The first-order valence-corrected chi connectivity index (χ1v) is 5.08. The zero-order valence-electron chi connectivity index (χ0n) is 8.94. The number of nitrogens with two attached hydrogens (primary N) is 1. The van der Waals surface area contributed by atoms with Crippen molar-refractivity contribution in [1.82, 2.24) is 9.97 Å². The third kappa shape index (κ3) is 2.16. The molecule has 2 N–H and O–H groups in total. The molecule has 1 aromatic carbocycles. The van der Waals surface area contributed by atoms with Crippen LogP contribution in [-0.2, 0) is 6.42 Å². The fourth-order valence-electron chi connectivity index (χ4n) is 1.47. The number of anilines is 1. The lowest BCUT2D eigenvalue weighted by atomic mass is 10.1. The molecule has 1 heterocycles. The number of nitrogens with zero attached hydrogens (tertiary/aromatic N) is 2. The maximum Gasteiger partial charge on any atom is 0.131 e. The van der Waals surface area contributed by atoms with Crippen LogP contribution >= 0.6 is 0 Å². The average molecular weight is 217 g/mol. The predicted octanol–water partition coefficient (Wildman–Crippen LogP) is 2.43. The predicted molar refractivity (Wildman–Crippen MR) is 61.2 cm³/mol. The smallest absolute Gasteiger partial charge is 0.131 e. The van der Waals surface area contributed by atoms with Crippen LogP contribution in [0.15, 0.2) is 30.3 Å². The third-order valence-electron chi connectivity index (χ3n) is 2.23. The molecule has 0 bridgehead atoms. The van der Waals surface area contributed by atoms with Gasteiger partial charge in [-0.2, -0.15) is 0 Å². The summed E-state index contributed by atoms with van der Waals surface area (Å²) in [6.07, 6.45) is 0.702. The maximum atomic E-state index is 13.1. The summed E-state index contributed by atoms with van der Waals surface area (Å²) in [6, 6.07) is 7.92. The van der Waals surface area contributed by atoms with Gasteiger partial charge < -0.3 is 5.73 Å². The van der Waals surface area contributed by atoms with Crippen molar-refractivity contribution in [1.29, 1.82) is 0 Å². The zero-order chi connectivity index (χ0) is 11.5. The first kappa shape index (κ1) is 10.5. The van der Waals surface area contributed by atoms with Crippen molar-refractivity contribution in [3.63, 3.8) is 0 Å². The van der Waals surface area contributed by atoms with E-state index < -0.39 is 0 Å². The van der Waals surface area contributed by atoms with Gasteiger partial charge in [-0.3, -0.25) is 0 Å². The summed E-state index contributed by atoms with van der Waals surface area (Å²) in [7, 11) is 0. The summed E-state index contributed by atoms with van der Waals surface area (Å²) in [6.45, 7) is 1.95. The van der Waals surface area contributed by atoms with Crippen LogP contribution in [0.2, 0.25) is 0 Å². The Morgan fingerprint density at radius 1 is 1.25 bits per heavy atom. The van der Waals surface area contributed by atoms with E-state index >= 15 is 0 Å². The quantitative estimate of drug-likeness (QED) is 0.840. The van der Waals surface area contributed by atoms with Gasteiger partial charge in [0.15, 0.2) is 0 Å². The fourth-order valence-corrected chi connectivity index (χ4v) is 1.47. The largest absolute Gasteiger partial charge is 0.384 e. The molecule has 4 heteroatoms. The normalized spacial score (nSPS) is 10.4. The van der Waals surface area contributed by atoms with Gasteiger partial charge in [0, 0.05) is 18.1 Å². The Bertz CT molecular complexity index is 511. The molecule has 0 unspecified atom stereocenters. The summed E-state index contributed by atoms with van der Waals surface area (Å²) in [5, 5.41) is 0.